The van der Waals surface area contributed by atoms with Gasteiger partial charge in [-0.15, -0.1) is 0 Å². The average molecular weight is 446 g/mol. The highest BCUT2D eigenvalue weighted by molar-refractivity contribution is 6.32. The van der Waals surface area contributed by atoms with Crippen molar-refractivity contribution in [2.75, 3.05) is 20.8 Å². The van der Waals surface area contributed by atoms with E-state index in [2.05, 4.69) is 10.4 Å². The number of benzene rings is 1. The van der Waals surface area contributed by atoms with Crippen LogP contribution < -0.4 is 14.8 Å². The number of hydrogen-bond donors (Lipinski definition) is 1. The molecule has 1 saturated carbocycles. The molecular weight excluding hydrogens is 423 g/mol. The summed E-state index contributed by atoms with van der Waals surface area (Å²) in [4.78, 5) is 12.2. The number of nitrogens with one attached hydrogen (secondary N) is 1. The smallest absolute Gasteiger partial charge is 0.436 e. The molecule has 164 valence electrons. The molecule has 30 heavy (non-hydrogen) atoms. The Morgan fingerprint density at radius 1 is 1.27 bits per heavy atom. The van der Waals surface area contributed by atoms with E-state index in [0.717, 1.165) is 18.4 Å². The van der Waals surface area contributed by atoms with Crippen LogP contribution >= 0.6 is 11.6 Å². The molecule has 2 aromatic rings. The average Bonchev–Trinajstić information content (AvgIpc) is 3.48. The number of alkyl halides is 3. The molecule has 1 N–H and O–H groups in total. The van der Waals surface area contributed by atoms with Crippen LogP contribution in [-0.2, 0) is 23.9 Å². The SMILES string of the molecule is COc1ccc(CCNC(=O)CCn2nc(C(F)(F)F)c(Cl)c2C2CC2)cc1OC. The largest absolute Gasteiger partial charge is 0.493 e. The Morgan fingerprint density at radius 3 is 2.57 bits per heavy atom. The number of aromatic nitrogens is 2. The van der Waals surface area contributed by atoms with Crippen molar-refractivity contribution in [1.29, 1.82) is 0 Å². The zero-order valence-corrected chi connectivity index (χ0v) is 17.4. The highest BCUT2D eigenvalue weighted by Gasteiger charge is 2.42. The summed E-state index contributed by atoms with van der Waals surface area (Å²) in [6, 6.07) is 5.49. The van der Waals surface area contributed by atoms with E-state index in [0.29, 0.717) is 30.2 Å². The number of amides is 1. The molecule has 1 aliphatic rings. The second-order valence-corrected chi connectivity index (χ2v) is 7.46. The molecule has 0 spiro atoms. The van der Waals surface area contributed by atoms with Gasteiger partial charge in [0.2, 0.25) is 5.91 Å². The lowest BCUT2D eigenvalue weighted by Crippen LogP contribution is -2.27. The summed E-state index contributed by atoms with van der Waals surface area (Å²) < 4.78 is 51.0. The van der Waals surface area contributed by atoms with Gasteiger partial charge in [0.15, 0.2) is 17.2 Å². The van der Waals surface area contributed by atoms with Gasteiger partial charge in [0.25, 0.3) is 0 Å². The van der Waals surface area contributed by atoms with Gasteiger partial charge in [-0.05, 0) is 37.0 Å². The number of carbonyl (C=O) groups excluding carboxylic acids is 1. The molecule has 0 unspecified atom stereocenters. The summed E-state index contributed by atoms with van der Waals surface area (Å²) in [7, 11) is 3.10. The maximum atomic E-state index is 13.1. The number of hydrogen-bond acceptors (Lipinski definition) is 4. The van der Waals surface area contributed by atoms with Gasteiger partial charge in [-0.3, -0.25) is 9.48 Å². The molecule has 1 amide bonds. The molecule has 1 fully saturated rings. The third-order valence-corrected chi connectivity index (χ3v) is 5.27. The highest BCUT2D eigenvalue weighted by Crippen LogP contribution is 2.46. The van der Waals surface area contributed by atoms with Crippen molar-refractivity contribution in [1.82, 2.24) is 15.1 Å². The number of carbonyl (C=O) groups is 1. The number of methoxy groups -OCH3 is 2. The number of rotatable bonds is 9. The molecule has 0 radical (unpaired) electrons. The zero-order valence-electron chi connectivity index (χ0n) is 16.7. The Hall–Kier alpha value is -2.42. The van der Waals surface area contributed by atoms with Crippen molar-refractivity contribution in [3.05, 3.63) is 40.2 Å². The highest BCUT2D eigenvalue weighted by atomic mass is 35.5. The van der Waals surface area contributed by atoms with E-state index in [9.17, 15) is 18.0 Å². The molecule has 0 bridgehead atoms. The molecular formula is C20H23ClF3N3O3. The Bertz CT molecular complexity index is 911. The van der Waals surface area contributed by atoms with Crippen LogP contribution in [0.5, 0.6) is 11.5 Å². The van der Waals surface area contributed by atoms with E-state index in [1.54, 1.807) is 20.3 Å². The Labute approximate surface area is 177 Å². The first-order valence-corrected chi connectivity index (χ1v) is 9.93. The first-order chi connectivity index (χ1) is 14.2. The summed E-state index contributed by atoms with van der Waals surface area (Å²) in [6.07, 6.45) is -2.47. The summed E-state index contributed by atoms with van der Waals surface area (Å²) in [5.41, 5.74) is 0.250. The van der Waals surface area contributed by atoms with Crippen LogP contribution in [0.1, 0.15) is 42.1 Å². The number of nitrogens with zero attached hydrogens (tertiary/aromatic N) is 2. The molecule has 1 aromatic carbocycles. The second-order valence-electron chi connectivity index (χ2n) is 7.08. The predicted molar refractivity (Wildman–Crippen MR) is 105 cm³/mol. The van der Waals surface area contributed by atoms with E-state index in [1.165, 1.54) is 4.68 Å². The minimum absolute atomic E-state index is 0.0148. The Morgan fingerprint density at radius 2 is 1.97 bits per heavy atom. The van der Waals surface area contributed by atoms with Crippen molar-refractivity contribution >= 4 is 17.5 Å². The minimum Gasteiger partial charge on any atom is -0.493 e. The van der Waals surface area contributed by atoms with Gasteiger partial charge in [-0.1, -0.05) is 17.7 Å². The van der Waals surface area contributed by atoms with Crippen molar-refractivity contribution in [2.45, 2.75) is 44.3 Å². The molecule has 1 aromatic heterocycles. The van der Waals surface area contributed by atoms with Crippen molar-refractivity contribution < 1.29 is 27.4 Å². The molecule has 0 saturated heterocycles. The number of aryl methyl sites for hydroxylation is 1. The van der Waals surface area contributed by atoms with Crippen LogP contribution in [0.4, 0.5) is 13.2 Å². The van der Waals surface area contributed by atoms with E-state index in [-0.39, 0.29) is 29.8 Å². The molecule has 1 heterocycles. The molecule has 1 aliphatic carbocycles. The van der Waals surface area contributed by atoms with Gasteiger partial charge in [0.1, 0.15) is 0 Å². The lowest BCUT2D eigenvalue weighted by atomic mass is 10.1. The van der Waals surface area contributed by atoms with E-state index in [1.807, 2.05) is 12.1 Å². The standard InChI is InChI=1S/C20H23ClF3N3O3/c1-29-14-6-3-12(11-15(14)30-2)7-9-25-16(28)8-10-27-18(13-4-5-13)17(21)19(26-27)20(22,23)24/h3,6,11,13H,4-5,7-10H2,1-2H3,(H,25,28). The quantitative estimate of drug-likeness (QED) is 0.628. The van der Waals surface area contributed by atoms with Gasteiger partial charge < -0.3 is 14.8 Å². The van der Waals surface area contributed by atoms with Gasteiger partial charge in [-0.25, -0.2) is 0 Å². The third kappa shape index (κ3) is 5.19. The third-order valence-electron chi connectivity index (χ3n) is 4.90. The second kappa shape index (κ2) is 9.16. The fraction of sp³-hybridized carbons (Fsp3) is 0.500. The van der Waals surface area contributed by atoms with Crippen LogP contribution in [0, 0.1) is 0 Å². The topological polar surface area (TPSA) is 65.4 Å². The summed E-state index contributed by atoms with van der Waals surface area (Å²) in [5.74, 6) is 0.935. The number of halogens is 4. The fourth-order valence-corrected chi connectivity index (χ4v) is 3.63. The molecule has 0 aliphatic heterocycles. The van der Waals surface area contributed by atoms with Crippen molar-refractivity contribution in [3.8, 4) is 11.5 Å². The molecule has 10 heteroatoms. The van der Waals surface area contributed by atoms with Gasteiger partial charge >= 0.3 is 6.18 Å². The summed E-state index contributed by atoms with van der Waals surface area (Å²) in [5, 5.41) is 6.06. The van der Waals surface area contributed by atoms with Crippen molar-refractivity contribution in [3.63, 3.8) is 0 Å². The van der Waals surface area contributed by atoms with Gasteiger partial charge in [0, 0.05) is 18.9 Å². The summed E-state index contributed by atoms with van der Waals surface area (Å²) >= 11 is 5.94. The number of ether oxygens (including phenoxy) is 2. The normalized spacial score (nSPS) is 13.9. The van der Waals surface area contributed by atoms with Crippen LogP contribution in [-0.4, -0.2) is 36.5 Å². The Balaban J connectivity index is 1.54. The molecule has 3 rings (SSSR count). The lowest BCUT2D eigenvalue weighted by Gasteiger charge is -2.10. The monoisotopic (exact) mass is 445 g/mol. The maximum absolute atomic E-state index is 13.1. The lowest BCUT2D eigenvalue weighted by molar-refractivity contribution is -0.141. The van der Waals surface area contributed by atoms with E-state index < -0.39 is 11.9 Å². The van der Waals surface area contributed by atoms with Gasteiger partial charge in [-0.2, -0.15) is 18.3 Å². The van der Waals surface area contributed by atoms with Crippen molar-refractivity contribution in [2.24, 2.45) is 0 Å². The minimum atomic E-state index is -4.62. The Kier molecular flexibility index (Phi) is 6.80. The fourth-order valence-electron chi connectivity index (χ4n) is 3.23. The first kappa shape index (κ1) is 22.3. The predicted octanol–water partition coefficient (Wildman–Crippen LogP) is 4.20. The summed E-state index contributed by atoms with van der Waals surface area (Å²) in [6.45, 7) is 0.432. The molecule has 6 nitrogen and oxygen atoms in total. The van der Waals surface area contributed by atoms with Crippen LogP contribution in [0.25, 0.3) is 0 Å². The maximum Gasteiger partial charge on any atom is 0.436 e. The van der Waals surface area contributed by atoms with E-state index in [4.69, 9.17) is 21.1 Å². The van der Waals surface area contributed by atoms with Crippen LogP contribution in [0.3, 0.4) is 0 Å². The van der Waals surface area contributed by atoms with Gasteiger partial charge in [0.05, 0.1) is 31.5 Å². The van der Waals surface area contributed by atoms with E-state index >= 15 is 0 Å². The molecule has 0 atom stereocenters. The first-order valence-electron chi connectivity index (χ1n) is 9.55. The van der Waals surface area contributed by atoms with Crippen LogP contribution in [0.15, 0.2) is 18.2 Å². The van der Waals surface area contributed by atoms with Crippen LogP contribution in [0.2, 0.25) is 5.02 Å². The zero-order chi connectivity index (χ0) is 21.9.